The van der Waals surface area contributed by atoms with Crippen molar-refractivity contribution in [3.8, 4) is 0 Å². The van der Waals surface area contributed by atoms with Crippen LogP contribution in [-0.2, 0) is 9.53 Å². The fraction of sp³-hybridized carbons (Fsp3) is 0.545. The molecule has 6 heteroatoms. The van der Waals surface area contributed by atoms with Crippen LogP contribution in [-0.4, -0.2) is 29.9 Å². The molecule has 1 atom stereocenters. The van der Waals surface area contributed by atoms with Gasteiger partial charge in [-0.3, -0.25) is 9.59 Å². The van der Waals surface area contributed by atoms with Crippen molar-refractivity contribution in [1.29, 1.82) is 0 Å². The Kier molecular flexibility index (Phi) is 3.86. The molecule has 1 unspecified atom stereocenters. The van der Waals surface area contributed by atoms with Crippen molar-refractivity contribution in [3.63, 3.8) is 0 Å². The quantitative estimate of drug-likeness (QED) is 0.834. The zero-order chi connectivity index (χ0) is 12.3. The highest BCUT2D eigenvalue weighted by molar-refractivity contribution is 7.14. The average Bonchev–Trinajstić information content (AvgIpc) is 2.79. The number of carbonyl (C=O) groups excluding carboxylic acids is 2. The Morgan fingerprint density at radius 1 is 1.59 bits per heavy atom. The van der Waals surface area contributed by atoms with Crippen molar-refractivity contribution in [2.45, 2.75) is 19.8 Å². The Labute approximate surface area is 103 Å². The molecule has 0 spiro atoms. The summed E-state index contributed by atoms with van der Waals surface area (Å²) < 4.78 is 5.25. The second-order valence-electron chi connectivity index (χ2n) is 4.00. The lowest BCUT2D eigenvalue weighted by atomic mass is 10.0. The molecule has 1 fully saturated rings. The zero-order valence-corrected chi connectivity index (χ0v) is 10.4. The standard InChI is InChI=1S/C11H14N2O3S/c1-7(14)9-6-17-11(12-9)13-10(15)8-3-2-4-16-5-8/h6,8H,2-5H2,1H3,(H,12,13,15). The van der Waals surface area contributed by atoms with Gasteiger partial charge in [-0.15, -0.1) is 11.3 Å². The third-order valence-electron chi connectivity index (χ3n) is 2.63. The molecule has 0 saturated carbocycles. The Morgan fingerprint density at radius 3 is 3.00 bits per heavy atom. The number of hydrogen-bond donors (Lipinski definition) is 1. The SMILES string of the molecule is CC(=O)c1csc(NC(=O)C2CCCOC2)n1. The van der Waals surface area contributed by atoms with Gasteiger partial charge in [-0.05, 0) is 12.8 Å². The van der Waals surface area contributed by atoms with E-state index in [0.29, 0.717) is 17.4 Å². The number of aromatic nitrogens is 1. The maximum absolute atomic E-state index is 11.8. The number of rotatable bonds is 3. The molecule has 1 aliphatic rings. The van der Waals surface area contributed by atoms with Crippen LogP contribution in [0.4, 0.5) is 5.13 Å². The fourth-order valence-electron chi connectivity index (χ4n) is 1.65. The van der Waals surface area contributed by atoms with Crippen LogP contribution in [0.3, 0.4) is 0 Å². The highest BCUT2D eigenvalue weighted by Crippen LogP contribution is 2.19. The average molecular weight is 254 g/mol. The predicted octanol–water partition coefficient (Wildman–Crippen LogP) is 1.71. The minimum absolute atomic E-state index is 0.0749. The van der Waals surface area contributed by atoms with Gasteiger partial charge >= 0.3 is 0 Å². The Bertz CT molecular complexity index is 424. The molecule has 1 aromatic heterocycles. The van der Waals surface area contributed by atoms with Gasteiger partial charge in [0.25, 0.3) is 0 Å². The number of Topliss-reactive ketones (excluding diaryl/α,β-unsaturated/α-hetero) is 1. The zero-order valence-electron chi connectivity index (χ0n) is 9.56. The molecule has 1 amide bonds. The number of thiazole rings is 1. The van der Waals surface area contributed by atoms with E-state index in [1.807, 2.05) is 0 Å². The van der Waals surface area contributed by atoms with E-state index in [9.17, 15) is 9.59 Å². The first kappa shape index (κ1) is 12.2. The van der Waals surface area contributed by atoms with E-state index in [4.69, 9.17) is 4.74 Å². The molecule has 0 bridgehead atoms. The number of amides is 1. The maximum atomic E-state index is 11.8. The molecule has 5 nitrogen and oxygen atoms in total. The second-order valence-corrected chi connectivity index (χ2v) is 4.86. The largest absolute Gasteiger partial charge is 0.381 e. The third kappa shape index (κ3) is 3.10. The number of anilines is 1. The van der Waals surface area contributed by atoms with E-state index in [1.54, 1.807) is 5.38 Å². The molecule has 17 heavy (non-hydrogen) atoms. The minimum Gasteiger partial charge on any atom is -0.381 e. The van der Waals surface area contributed by atoms with Gasteiger partial charge in [0.15, 0.2) is 10.9 Å². The van der Waals surface area contributed by atoms with E-state index < -0.39 is 0 Å². The Balaban J connectivity index is 1.94. The molecule has 1 aromatic rings. The van der Waals surface area contributed by atoms with Crippen LogP contribution in [0.2, 0.25) is 0 Å². The topological polar surface area (TPSA) is 68.3 Å². The van der Waals surface area contributed by atoms with E-state index >= 15 is 0 Å². The highest BCUT2D eigenvalue weighted by Gasteiger charge is 2.22. The van der Waals surface area contributed by atoms with E-state index in [2.05, 4.69) is 10.3 Å². The number of nitrogens with one attached hydrogen (secondary N) is 1. The first-order chi connectivity index (χ1) is 8.16. The van der Waals surface area contributed by atoms with Crippen molar-refractivity contribution >= 4 is 28.2 Å². The van der Waals surface area contributed by atoms with Crippen molar-refractivity contribution in [2.24, 2.45) is 5.92 Å². The minimum atomic E-state index is -0.103. The van der Waals surface area contributed by atoms with Crippen LogP contribution in [0, 0.1) is 5.92 Å². The van der Waals surface area contributed by atoms with Gasteiger partial charge in [0.1, 0.15) is 5.69 Å². The van der Waals surface area contributed by atoms with Gasteiger partial charge in [0.2, 0.25) is 5.91 Å². The van der Waals surface area contributed by atoms with Crippen molar-refractivity contribution in [2.75, 3.05) is 18.5 Å². The number of hydrogen-bond acceptors (Lipinski definition) is 5. The van der Waals surface area contributed by atoms with Crippen molar-refractivity contribution < 1.29 is 14.3 Å². The van der Waals surface area contributed by atoms with E-state index in [-0.39, 0.29) is 17.6 Å². The summed E-state index contributed by atoms with van der Waals surface area (Å²) in [5.74, 6) is -0.273. The third-order valence-corrected chi connectivity index (χ3v) is 3.38. The lowest BCUT2D eigenvalue weighted by Crippen LogP contribution is -2.30. The van der Waals surface area contributed by atoms with Crippen LogP contribution >= 0.6 is 11.3 Å². The molecule has 0 aliphatic carbocycles. The summed E-state index contributed by atoms with van der Waals surface area (Å²) in [6.45, 7) is 2.65. The van der Waals surface area contributed by atoms with Crippen LogP contribution in [0.1, 0.15) is 30.3 Å². The molecular formula is C11H14N2O3S. The summed E-state index contributed by atoms with van der Waals surface area (Å²) in [6.07, 6.45) is 1.76. The van der Waals surface area contributed by atoms with Crippen LogP contribution in [0.5, 0.6) is 0 Å². The molecule has 2 rings (SSSR count). The number of carbonyl (C=O) groups is 2. The predicted molar refractivity (Wildman–Crippen MR) is 64.3 cm³/mol. The van der Waals surface area contributed by atoms with Crippen LogP contribution < -0.4 is 5.32 Å². The Morgan fingerprint density at radius 2 is 2.41 bits per heavy atom. The smallest absolute Gasteiger partial charge is 0.231 e. The molecule has 2 heterocycles. The first-order valence-electron chi connectivity index (χ1n) is 5.52. The van der Waals surface area contributed by atoms with Gasteiger partial charge in [0.05, 0.1) is 12.5 Å². The summed E-state index contributed by atoms with van der Waals surface area (Å²) in [4.78, 5) is 26.9. The number of nitrogens with zero attached hydrogens (tertiary/aromatic N) is 1. The monoisotopic (exact) mass is 254 g/mol. The number of ether oxygens (including phenoxy) is 1. The van der Waals surface area contributed by atoms with Crippen LogP contribution in [0.15, 0.2) is 5.38 Å². The first-order valence-corrected chi connectivity index (χ1v) is 6.40. The van der Waals surface area contributed by atoms with E-state index in [0.717, 1.165) is 19.4 Å². The van der Waals surface area contributed by atoms with Crippen molar-refractivity contribution in [1.82, 2.24) is 4.98 Å². The second kappa shape index (κ2) is 5.37. The van der Waals surface area contributed by atoms with Crippen molar-refractivity contribution in [3.05, 3.63) is 11.1 Å². The lowest BCUT2D eigenvalue weighted by molar-refractivity contribution is -0.123. The molecule has 1 saturated heterocycles. The normalized spacial score (nSPS) is 19.9. The fourth-order valence-corrected chi connectivity index (χ4v) is 2.40. The highest BCUT2D eigenvalue weighted by atomic mass is 32.1. The van der Waals surface area contributed by atoms with Gasteiger partial charge in [0, 0.05) is 18.9 Å². The lowest BCUT2D eigenvalue weighted by Gasteiger charge is -2.20. The van der Waals surface area contributed by atoms with Gasteiger partial charge in [-0.2, -0.15) is 0 Å². The number of ketones is 1. The summed E-state index contributed by atoms with van der Waals surface area (Å²) in [7, 11) is 0. The molecule has 1 N–H and O–H groups in total. The summed E-state index contributed by atoms with van der Waals surface area (Å²) in [6, 6.07) is 0. The maximum Gasteiger partial charge on any atom is 0.231 e. The molecule has 92 valence electrons. The van der Waals surface area contributed by atoms with E-state index in [1.165, 1.54) is 18.3 Å². The summed E-state index contributed by atoms with van der Waals surface area (Å²) >= 11 is 1.27. The Hall–Kier alpha value is -1.27. The van der Waals surface area contributed by atoms with Gasteiger partial charge in [-0.25, -0.2) is 4.98 Å². The summed E-state index contributed by atoms with van der Waals surface area (Å²) in [5, 5.41) is 4.85. The van der Waals surface area contributed by atoms with Gasteiger partial charge < -0.3 is 10.1 Å². The molecule has 0 radical (unpaired) electrons. The molecule has 0 aromatic carbocycles. The molecular weight excluding hydrogens is 240 g/mol. The van der Waals surface area contributed by atoms with Crippen LogP contribution in [0.25, 0.3) is 0 Å². The van der Waals surface area contributed by atoms with Gasteiger partial charge in [-0.1, -0.05) is 0 Å². The molecule has 1 aliphatic heterocycles. The summed E-state index contributed by atoms with van der Waals surface area (Å²) in [5.41, 5.74) is 0.394.